The fourth-order valence-corrected chi connectivity index (χ4v) is 1.78. The molecule has 0 aliphatic heterocycles. The summed E-state index contributed by atoms with van der Waals surface area (Å²) in [6.07, 6.45) is 3.13. The molecule has 0 bridgehead atoms. The number of amides is 1. The van der Waals surface area contributed by atoms with Gasteiger partial charge in [0.2, 0.25) is 11.8 Å². The highest BCUT2D eigenvalue weighted by molar-refractivity contribution is 5.76. The smallest absolute Gasteiger partial charge is 0.227 e. The Morgan fingerprint density at radius 2 is 2.11 bits per heavy atom. The second kappa shape index (κ2) is 7.92. The fourth-order valence-electron chi connectivity index (χ4n) is 1.78. The summed E-state index contributed by atoms with van der Waals surface area (Å²) in [6, 6.07) is 0. The van der Waals surface area contributed by atoms with Crippen molar-refractivity contribution in [1.82, 2.24) is 15.0 Å². The van der Waals surface area contributed by atoms with Crippen molar-refractivity contribution in [3.63, 3.8) is 0 Å². The van der Waals surface area contributed by atoms with Crippen molar-refractivity contribution >= 4 is 5.91 Å². The minimum atomic E-state index is 0.167. The molecule has 5 nitrogen and oxygen atoms in total. The van der Waals surface area contributed by atoms with Crippen LogP contribution in [0.1, 0.15) is 64.6 Å². The highest BCUT2D eigenvalue weighted by Crippen LogP contribution is 2.11. The molecule has 0 aliphatic rings. The third-order valence-electron chi connectivity index (χ3n) is 3.07. The number of rotatable bonds is 8. The van der Waals surface area contributed by atoms with Crippen LogP contribution in [-0.2, 0) is 11.2 Å². The molecule has 108 valence electrons. The summed E-state index contributed by atoms with van der Waals surface area (Å²) in [7, 11) is 0. The van der Waals surface area contributed by atoms with Gasteiger partial charge in [-0.15, -0.1) is 0 Å². The molecule has 19 heavy (non-hydrogen) atoms. The molecule has 0 fully saturated rings. The van der Waals surface area contributed by atoms with Gasteiger partial charge in [-0.25, -0.2) is 0 Å². The Labute approximate surface area is 115 Å². The molecule has 0 radical (unpaired) electrons. The third kappa shape index (κ3) is 5.01. The van der Waals surface area contributed by atoms with Crippen LogP contribution in [0, 0.1) is 0 Å². The van der Waals surface area contributed by atoms with Crippen molar-refractivity contribution in [3.8, 4) is 0 Å². The molecule has 1 heterocycles. The second-order valence-electron chi connectivity index (χ2n) is 5.03. The number of aryl methyl sites for hydroxylation is 1. The van der Waals surface area contributed by atoms with E-state index in [1.54, 1.807) is 0 Å². The largest absolute Gasteiger partial charge is 0.343 e. The topological polar surface area (TPSA) is 59.2 Å². The van der Waals surface area contributed by atoms with Crippen molar-refractivity contribution < 1.29 is 9.32 Å². The van der Waals surface area contributed by atoms with E-state index in [9.17, 15) is 4.79 Å². The van der Waals surface area contributed by atoms with E-state index in [4.69, 9.17) is 4.52 Å². The SMILES string of the molecule is CCCCN(CC)C(=O)CCc1nc(C(C)C)no1. The Balaban J connectivity index is 2.43. The zero-order valence-corrected chi connectivity index (χ0v) is 12.5. The molecule has 0 saturated carbocycles. The number of hydrogen-bond acceptors (Lipinski definition) is 4. The summed E-state index contributed by atoms with van der Waals surface area (Å²) >= 11 is 0. The maximum Gasteiger partial charge on any atom is 0.227 e. The molecule has 0 atom stereocenters. The van der Waals surface area contributed by atoms with Gasteiger partial charge in [-0.1, -0.05) is 32.3 Å². The number of nitrogens with zero attached hydrogens (tertiary/aromatic N) is 3. The van der Waals surface area contributed by atoms with Crippen LogP contribution >= 0.6 is 0 Å². The second-order valence-corrected chi connectivity index (χ2v) is 5.03. The zero-order chi connectivity index (χ0) is 14.3. The van der Waals surface area contributed by atoms with Crippen molar-refractivity contribution in [2.24, 2.45) is 0 Å². The number of carbonyl (C=O) groups excluding carboxylic acids is 1. The number of unbranched alkanes of at least 4 members (excludes halogenated alkanes) is 1. The van der Waals surface area contributed by atoms with Gasteiger partial charge in [-0.3, -0.25) is 4.79 Å². The average molecular weight is 267 g/mol. The molecule has 1 aromatic heterocycles. The molecule has 0 aromatic carbocycles. The van der Waals surface area contributed by atoms with E-state index in [2.05, 4.69) is 17.1 Å². The predicted octanol–water partition coefficient (Wildman–Crippen LogP) is 2.77. The number of carbonyl (C=O) groups is 1. The van der Waals surface area contributed by atoms with Crippen LogP contribution in [0.2, 0.25) is 0 Å². The van der Waals surface area contributed by atoms with Gasteiger partial charge in [0.15, 0.2) is 5.82 Å². The van der Waals surface area contributed by atoms with Crippen molar-refractivity contribution in [3.05, 3.63) is 11.7 Å². The van der Waals surface area contributed by atoms with Crippen molar-refractivity contribution in [1.29, 1.82) is 0 Å². The van der Waals surface area contributed by atoms with E-state index < -0.39 is 0 Å². The van der Waals surface area contributed by atoms with Gasteiger partial charge >= 0.3 is 0 Å². The number of aromatic nitrogens is 2. The third-order valence-corrected chi connectivity index (χ3v) is 3.07. The van der Waals surface area contributed by atoms with Crippen LogP contribution in [0.25, 0.3) is 0 Å². The fraction of sp³-hybridized carbons (Fsp3) is 0.786. The molecule has 1 amide bonds. The summed E-state index contributed by atoms with van der Waals surface area (Å²) < 4.78 is 5.14. The van der Waals surface area contributed by atoms with E-state index in [-0.39, 0.29) is 11.8 Å². The van der Waals surface area contributed by atoms with E-state index in [0.717, 1.165) is 25.9 Å². The van der Waals surface area contributed by atoms with E-state index in [1.165, 1.54) is 0 Å². The molecule has 0 saturated heterocycles. The maximum atomic E-state index is 12.0. The Morgan fingerprint density at radius 3 is 2.63 bits per heavy atom. The van der Waals surface area contributed by atoms with Gasteiger partial charge in [0.25, 0.3) is 0 Å². The summed E-state index contributed by atoms with van der Waals surface area (Å²) in [5.41, 5.74) is 0. The van der Waals surface area contributed by atoms with E-state index in [0.29, 0.717) is 24.6 Å². The van der Waals surface area contributed by atoms with Crippen LogP contribution in [0.15, 0.2) is 4.52 Å². The molecule has 1 rings (SSSR count). The van der Waals surface area contributed by atoms with E-state index in [1.807, 2.05) is 25.7 Å². The quantitative estimate of drug-likeness (QED) is 0.726. The molecular formula is C14H25N3O2. The van der Waals surface area contributed by atoms with Crippen LogP contribution in [0.4, 0.5) is 0 Å². The minimum absolute atomic E-state index is 0.167. The van der Waals surface area contributed by atoms with Crippen LogP contribution in [0.3, 0.4) is 0 Å². The Hall–Kier alpha value is -1.39. The molecule has 0 aliphatic carbocycles. The molecule has 0 spiro atoms. The summed E-state index contributed by atoms with van der Waals surface area (Å²) in [5.74, 6) is 1.69. The first-order chi connectivity index (χ1) is 9.08. The van der Waals surface area contributed by atoms with Gasteiger partial charge in [-0.05, 0) is 13.3 Å². The summed E-state index contributed by atoms with van der Waals surface area (Å²) in [6.45, 7) is 9.78. The Bertz CT molecular complexity index is 388. The normalized spacial score (nSPS) is 11.0. The van der Waals surface area contributed by atoms with Crippen LogP contribution < -0.4 is 0 Å². The van der Waals surface area contributed by atoms with Crippen LogP contribution in [-0.4, -0.2) is 34.0 Å². The van der Waals surface area contributed by atoms with Gasteiger partial charge < -0.3 is 9.42 Å². The predicted molar refractivity (Wildman–Crippen MR) is 73.9 cm³/mol. The maximum absolute atomic E-state index is 12.0. The summed E-state index contributed by atoms with van der Waals surface area (Å²) in [5, 5.41) is 3.90. The average Bonchev–Trinajstić information content (AvgIpc) is 2.86. The lowest BCUT2D eigenvalue weighted by molar-refractivity contribution is -0.131. The lowest BCUT2D eigenvalue weighted by atomic mass is 10.2. The monoisotopic (exact) mass is 267 g/mol. The molecular weight excluding hydrogens is 242 g/mol. The Kier molecular flexibility index (Phi) is 6.53. The van der Waals surface area contributed by atoms with Gasteiger partial charge in [0, 0.05) is 31.8 Å². The highest BCUT2D eigenvalue weighted by Gasteiger charge is 2.14. The van der Waals surface area contributed by atoms with Crippen molar-refractivity contribution in [2.45, 2.75) is 59.3 Å². The lowest BCUT2D eigenvalue weighted by Gasteiger charge is -2.20. The first-order valence-electron chi connectivity index (χ1n) is 7.18. The zero-order valence-electron chi connectivity index (χ0n) is 12.5. The molecule has 0 N–H and O–H groups in total. The van der Waals surface area contributed by atoms with Gasteiger partial charge in [-0.2, -0.15) is 4.98 Å². The van der Waals surface area contributed by atoms with Gasteiger partial charge in [0.1, 0.15) is 0 Å². The van der Waals surface area contributed by atoms with E-state index >= 15 is 0 Å². The molecule has 1 aromatic rings. The lowest BCUT2D eigenvalue weighted by Crippen LogP contribution is -2.31. The first kappa shape index (κ1) is 15.7. The minimum Gasteiger partial charge on any atom is -0.343 e. The van der Waals surface area contributed by atoms with Crippen LogP contribution in [0.5, 0.6) is 0 Å². The standard InChI is InChI=1S/C14H25N3O2/c1-5-7-10-17(6-2)13(18)9-8-12-15-14(11(3)4)16-19-12/h11H,5-10H2,1-4H3. The number of hydrogen-bond donors (Lipinski definition) is 0. The van der Waals surface area contributed by atoms with Gasteiger partial charge in [0.05, 0.1) is 0 Å². The highest BCUT2D eigenvalue weighted by atomic mass is 16.5. The molecule has 5 heteroatoms. The Morgan fingerprint density at radius 1 is 1.37 bits per heavy atom. The first-order valence-corrected chi connectivity index (χ1v) is 7.18. The molecule has 0 unspecified atom stereocenters. The van der Waals surface area contributed by atoms with Crippen molar-refractivity contribution in [2.75, 3.05) is 13.1 Å². The summed E-state index contributed by atoms with van der Waals surface area (Å²) in [4.78, 5) is 18.2.